The lowest BCUT2D eigenvalue weighted by Crippen LogP contribution is -2.08. The van der Waals surface area contributed by atoms with Crippen LogP contribution in [-0.2, 0) is 16.1 Å². The number of Topliss-reactive ketones (excluding diaryl/α,β-unsaturated/α-hetero) is 1. The third-order valence-electron chi connectivity index (χ3n) is 4.01. The summed E-state index contributed by atoms with van der Waals surface area (Å²) in [6, 6.07) is 16.0. The molecule has 0 bridgehead atoms. The Morgan fingerprint density at radius 1 is 1.04 bits per heavy atom. The number of carbonyl (C=O) groups is 2. The number of aryl methyl sites for hydroxylation is 1. The molecule has 0 aliphatic rings. The number of hydrogen-bond acceptors (Lipinski definition) is 5. The maximum Gasteiger partial charge on any atom is 0.306 e. The minimum Gasteiger partial charge on any atom is -0.459 e. The van der Waals surface area contributed by atoms with Crippen LogP contribution in [0.4, 0.5) is 0 Å². The van der Waals surface area contributed by atoms with Crippen molar-refractivity contribution < 1.29 is 18.7 Å². The Bertz CT molecular complexity index is 933. The van der Waals surface area contributed by atoms with Crippen molar-refractivity contribution in [2.75, 3.05) is 0 Å². The average Bonchev–Trinajstić information content (AvgIpc) is 3.06. The molecule has 0 saturated carbocycles. The van der Waals surface area contributed by atoms with E-state index in [1.807, 2.05) is 30.3 Å². The second-order valence-electron chi connectivity index (χ2n) is 5.98. The van der Waals surface area contributed by atoms with E-state index in [0.717, 1.165) is 5.56 Å². The minimum atomic E-state index is -0.457. The highest BCUT2D eigenvalue weighted by atomic mass is 35.5. The Kier molecular flexibility index (Phi) is 6.04. The monoisotopic (exact) mass is 383 g/mol. The molecule has 5 nitrogen and oxygen atoms in total. The first-order valence-corrected chi connectivity index (χ1v) is 8.87. The first-order valence-electron chi connectivity index (χ1n) is 8.49. The van der Waals surface area contributed by atoms with Gasteiger partial charge in [0.05, 0.1) is 6.42 Å². The maximum atomic E-state index is 12.1. The molecule has 27 heavy (non-hydrogen) atoms. The van der Waals surface area contributed by atoms with Gasteiger partial charge in [-0.15, -0.1) is 0 Å². The molecule has 6 heteroatoms. The summed E-state index contributed by atoms with van der Waals surface area (Å²) in [6.45, 7) is 1.78. The number of ether oxygens (including phenoxy) is 1. The van der Waals surface area contributed by atoms with Crippen LogP contribution < -0.4 is 0 Å². The van der Waals surface area contributed by atoms with Gasteiger partial charge in [0, 0.05) is 22.6 Å². The highest BCUT2D eigenvalue weighted by molar-refractivity contribution is 6.30. The highest BCUT2D eigenvalue weighted by Crippen LogP contribution is 2.22. The normalized spacial score (nSPS) is 10.6. The fourth-order valence-corrected chi connectivity index (χ4v) is 2.61. The van der Waals surface area contributed by atoms with Gasteiger partial charge in [-0.2, -0.15) is 0 Å². The summed E-state index contributed by atoms with van der Waals surface area (Å²) < 4.78 is 10.9. The lowest BCUT2D eigenvalue weighted by molar-refractivity contribution is -0.145. The van der Waals surface area contributed by atoms with Crippen LogP contribution in [0.3, 0.4) is 0 Å². The molecule has 2 aromatic carbocycles. The van der Waals surface area contributed by atoms with Gasteiger partial charge in [-0.1, -0.05) is 29.8 Å². The molecule has 0 saturated heterocycles. The zero-order chi connectivity index (χ0) is 19.2. The Hall–Kier alpha value is -2.92. The molecule has 0 aliphatic heterocycles. The van der Waals surface area contributed by atoms with Gasteiger partial charge in [-0.3, -0.25) is 9.59 Å². The van der Waals surface area contributed by atoms with Crippen molar-refractivity contribution in [1.82, 2.24) is 4.98 Å². The molecular weight excluding hydrogens is 366 g/mol. The molecule has 0 spiro atoms. The van der Waals surface area contributed by atoms with Crippen LogP contribution in [0, 0.1) is 6.92 Å². The zero-order valence-corrected chi connectivity index (χ0v) is 15.5. The number of aromatic nitrogens is 1. The Labute approximate surface area is 161 Å². The number of esters is 1. The number of rotatable bonds is 7. The molecule has 0 aliphatic carbocycles. The van der Waals surface area contributed by atoms with Crippen LogP contribution >= 0.6 is 11.6 Å². The molecule has 0 N–H and O–H groups in total. The largest absolute Gasteiger partial charge is 0.459 e. The Balaban J connectivity index is 1.51. The maximum absolute atomic E-state index is 12.1. The van der Waals surface area contributed by atoms with E-state index in [1.165, 1.54) is 0 Å². The summed E-state index contributed by atoms with van der Waals surface area (Å²) in [7, 11) is 0. The third kappa shape index (κ3) is 5.05. The van der Waals surface area contributed by atoms with Gasteiger partial charge in [0.25, 0.3) is 0 Å². The molecule has 0 radical (unpaired) electrons. The molecule has 0 amide bonds. The molecule has 3 rings (SSSR count). The molecule has 0 fully saturated rings. The fourth-order valence-electron chi connectivity index (χ4n) is 2.48. The second kappa shape index (κ2) is 8.64. The first kappa shape index (κ1) is 18.9. The predicted molar refractivity (Wildman–Crippen MR) is 101 cm³/mol. The molecule has 3 aromatic rings. The number of halogens is 1. The van der Waals surface area contributed by atoms with Crippen LogP contribution in [0.5, 0.6) is 0 Å². The summed E-state index contributed by atoms with van der Waals surface area (Å²) in [5.41, 5.74) is 1.94. The molecule has 0 atom stereocenters. The van der Waals surface area contributed by atoms with E-state index in [0.29, 0.717) is 27.9 Å². The van der Waals surface area contributed by atoms with Crippen molar-refractivity contribution in [2.24, 2.45) is 0 Å². The molecule has 0 unspecified atom stereocenters. The van der Waals surface area contributed by atoms with Gasteiger partial charge in [0.1, 0.15) is 18.1 Å². The number of oxazole rings is 1. The summed E-state index contributed by atoms with van der Waals surface area (Å²) in [5.74, 6) is 0.490. The number of hydrogen-bond donors (Lipinski definition) is 0. The zero-order valence-electron chi connectivity index (χ0n) is 14.8. The molecular formula is C21H18ClNO4. The number of nitrogens with zero attached hydrogens (tertiary/aromatic N) is 1. The van der Waals surface area contributed by atoms with Crippen LogP contribution in [-0.4, -0.2) is 16.7 Å². The third-order valence-corrected chi connectivity index (χ3v) is 4.26. The number of carbonyl (C=O) groups excluding carboxylic acids is 2. The fraction of sp³-hybridized carbons (Fsp3) is 0.190. The van der Waals surface area contributed by atoms with Gasteiger partial charge in [0.15, 0.2) is 5.78 Å². The van der Waals surface area contributed by atoms with E-state index >= 15 is 0 Å². The standard InChI is InChI=1S/C21H18ClNO4/c1-14-18(23-21(27-14)16-5-3-2-4-6-16)13-26-20(25)12-11-19(24)15-7-9-17(22)10-8-15/h2-10H,11-13H2,1H3. The van der Waals surface area contributed by atoms with Crippen molar-refractivity contribution in [3.05, 3.63) is 76.6 Å². The average molecular weight is 384 g/mol. The highest BCUT2D eigenvalue weighted by Gasteiger charge is 2.14. The Morgan fingerprint density at radius 2 is 1.74 bits per heavy atom. The van der Waals surface area contributed by atoms with Gasteiger partial charge in [-0.05, 0) is 43.3 Å². The van der Waals surface area contributed by atoms with E-state index < -0.39 is 5.97 Å². The predicted octanol–water partition coefficient (Wildman–Crippen LogP) is 5.01. The van der Waals surface area contributed by atoms with Crippen LogP contribution in [0.25, 0.3) is 11.5 Å². The molecule has 1 aromatic heterocycles. The molecule has 138 valence electrons. The van der Waals surface area contributed by atoms with Crippen molar-refractivity contribution in [3.63, 3.8) is 0 Å². The van der Waals surface area contributed by atoms with Gasteiger partial charge >= 0.3 is 5.97 Å². The quantitative estimate of drug-likeness (QED) is 0.423. The van der Waals surface area contributed by atoms with Crippen molar-refractivity contribution in [1.29, 1.82) is 0 Å². The first-order chi connectivity index (χ1) is 13.0. The summed E-state index contributed by atoms with van der Waals surface area (Å²) >= 11 is 5.80. The van der Waals surface area contributed by atoms with E-state index in [9.17, 15) is 9.59 Å². The van der Waals surface area contributed by atoms with E-state index in [2.05, 4.69) is 4.98 Å². The number of benzene rings is 2. The van der Waals surface area contributed by atoms with E-state index in [1.54, 1.807) is 31.2 Å². The van der Waals surface area contributed by atoms with Crippen LogP contribution in [0.15, 0.2) is 59.0 Å². The van der Waals surface area contributed by atoms with Crippen molar-refractivity contribution in [3.8, 4) is 11.5 Å². The topological polar surface area (TPSA) is 69.4 Å². The number of ketones is 1. The van der Waals surface area contributed by atoms with Crippen molar-refractivity contribution in [2.45, 2.75) is 26.4 Å². The smallest absolute Gasteiger partial charge is 0.306 e. The van der Waals surface area contributed by atoms with Crippen LogP contribution in [0.1, 0.15) is 34.7 Å². The van der Waals surface area contributed by atoms with Gasteiger partial charge in [-0.25, -0.2) is 4.98 Å². The van der Waals surface area contributed by atoms with E-state index in [-0.39, 0.29) is 25.2 Å². The van der Waals surface area contributed by atoms with Crippen molar-refractivity contribution >= 4 is 23.4 Å². The summed E-state index contributed by atoms with van der Waals surface area (Å²) in [4.78, 5) is 28.4. The lowest BCUT2D eigenvalue weighted by Gasteiger charge is -2.03. The minimum absolute atomic E-state index is 0.00387. The summed E-state index contributed by atoms with van der Waals surface area (Å²) in [5, 5.41) is 0.559. The SMILES string of the molecule is Cc1oc(-c2ccccc2)nc1COC(=O)CCC(=O)c1ccc(Cl)cc1. The van der Waals surface area contributed by atoms with E-state index in [4.69, 9.17) is 20.8 Å². The molecule has 1 heterocycles. The van der Waals surface area contributed by atoms with Gasteiger partial charge < -0.3 is 9.15 Å². The second-order valence-corrected chi connectivity index (χ2v) is 6.42. The summed E-state index contributed by atoms with van der Waals surface area (Å²) in [6.07, 6.45) is 0.0808. The van der Waals surface area contributed by atoms with Gasteiger partial charge in [0.2, 0.25) is 5.89 Å². The lowest BCUT2D eigenvalue weighted by atomic mass is 10.1. The Morgan fingerprint density at radius 3 is 2.44 bits per heavy atom. The van der Waals surface area contributed by atoms with Crippen LogP contribution in [0.2, 0.25) is 5.02 Å².